The number of nitrogens with zero attached hydrogens (tertiary/aromatic N) is 5. The van der Waals surface area contributed by atoms with Crippen molar-refractivity contribution in [1.29, 1.82) is 0 Å². The minimum atomic E-state index is 0.215. The van der Waals surface area contributed by atoms with Crippen LogP contribution in [0.3, 0.4) is 0 Å². The molecule has 0 aliphatic rings. The van der Waals surface area contributed by atoms with E-state index in [1.807, 2.05) is 48.5 Å². The van der Waals surface area contributed by atoms with E-state index in [1.165, 1.54) is 22.9 Å². The molecule has 0 atom stereocenters. The molecule has 34 heavy (non-hydrogen) atoms. The maximum absolute atomic E-state index is 6.13. The highest BCUT2D eigenvalue weighted by atomic mass is 32.1. The lowest BCUT2D eigenvalue weighted by Gasteiger charge is -2.07. The van der Waals surface area contributed by atoms with Gasteiger partial charge in [-0.1, -0.05) is 30.3 Å². The first-order valence-corrected chi connectivity index (χ1v) is 11.8. The zero-order valence-corrected chi connectivity index (χ0v) is 19.7. The van der Waals surface area contributed by atoms with Gasteiger partial charge in [0, 0.05) is 17.7 Å². The number of benzene rings is 2. The van der Waals surface area contributed by atoms with Crippen molar-refractivity contribution in [1.82, 2.24) is 24.0 Å². The summed E-state index contributed by atoms with van der Waals surface area (Å²) < 4.78 is 29.1. The van der Waals surface area contributed by atoms with Crippen LogP contribution in [-0.4, -0.2) is 38.2 Å². The zero-order valence-electron chi connectivity index (χ0n) is 18.1. The lowest BCUT2D eigenvalue weighted by molar-refractivity contribution is 0.299. The van der Waals surface area contributed by atoms with Crippen LogP contribution < -0.4 is 14.2 Å². The molecule has 11 heteroatoms. The van der Waals surface area contributed by atoms with Crippen LogP contribution >= 0.6 is 22.9 Å². The molecule has 0 bridgehead atoms. The van der Waals surface area contributed by atoms with Gasteiger partial charge in [0.1, 0.15) is 34.4 Å². The van der Waals surface area contributed by atoms with Crippen molar-refractivity contribution in [2.75, 3.05) is 14.2 Å². The predicted molar refractivity (Wildman–Crippen MR) is 129 cm³/mol. The number of methoxy groups -OCH3 is 2. The molecule has 0 aliphatic carbocycles. The molecule has 9 nitrogen and oxygen atoms in total. The van der Waals surface area contributed by atoms with Crippen molar-refractivity contribution < 1.29 is 18.6 Å². The molecule has 4 aromatic heterocycles. The van der Waals surface area contributed by atoms with Gasteiger partial charge in [0.2, 0.25) is 4.96 Å². The Kier molecular flexibility index (Phi) is 5.12. The van der Waals surface area contributed by atoms with Gasteiger partial charge >= 0.3 is 0 Å². The van der Waals surface area contributed by atoms with E-state index < -0.39 is 0 Å². The third-order valence-electron chi connectivity index (χ3n) is 5.15. The molecular weight excluding hydrogens is 474 g/mol. The van der Waals surface area contributed by atoms with Gasteiger partial charge in [0.15, 0.2) is 11.6 Å². The Morgan fingerprint density at radius 2 is 1.94 bits per heavy atom. The standard InChI is InChI=1S/C23H17N5O4S2/c1-29-14-8-17(31-12-20-25-21(34-27-20)13-6-4-3-5-7-13)15-10-19(32-18(15)9-14)16-11-24-22-28(16)26-23(30-2)33-22/h3-11H,12H2,1-2H3. The monoisotopic (exact) mass is 491 g/mol. The highest BCUT2D eigenvalue weighted by Gasteiger charge is 2.19. The van der Waals surface area contributed by atoms with E-state index in [2.05, 4.69) is 19.4 Å². The van der Waals surface area contributed by atoms with Crippen LogP contribution in [0.15, 0.2) is 59.1 Å². The third-order valence-corrected chi connectivity index (χ3v) is 6.83. The fourth-order valence-corrected chi connectivity index (χ4v) is 4.89. The van der Waals surface area contributed by atoms with Gasteiger partial charge in [0.25, 0.3) is 5.19 Å². The molecule has 0 amide bonds. The van der Waals surface area contributed by atoms with Crippen molar-refractivity contribution in [3.8, 4) is 38.7 Å². The lowest BCUT2D eigenvalue weighted by Crippen LogP contribution is -1.98. The van der Waals surface area contributed by atoms with Gasteiger partial charge in [0.05, 0.1) is 25.8 Å². The number of hydrogen-bond acceptors (Lipinski definition) is 10. The van der Waals surface area contributed by atoms with Crippen molar-refractivity contribution in [3.05, 3.63) is 60.6 Å². The Bertz CT molecular complexity index is 1600. The number of ether oxygens (including phenoxy) is 3. The molecule has 0 radical (unpaired) electrons. The van der Waals surface area contributed by atoms with Crippen LogP contribution in [-0.2, 0) is 6.61 Å². The van der Waals surface area contributed by atoms with Gasteiger partial charge < -0.3 is 18.6 Å². The number of aromatic nitrogens is 5. The Hall–Kier alpha value is -3.96. The smallest absolute Gasteiger partial charge is 0.294 e. The van der Waals surface area contributed by atoms with Crippen molar-refractivity contribution >= 4 is 38.8 Å². The Morgan fingerprint density at radius 1 is 1.06 bits per heavy atom. The molecule has 0 fully saturated rings. The summed E-state index contributed by atoms with van der Waals surface area (Å²) in [5.74, 6) is 2.44. The second kappa shape index (κ2) is 8.43. The SMILES string of the molecule is COc1cc(OCc2nsc(-c3ccccc3)n2)c2cc(-c3cnc4sc(OC)nn34)oc2c1. The quantitative estimate of drug-likeness (QED) is 0.296. The van der Waals surface area contributed by atoms with Crippen LogP contribution in [0.1, 0.15) is 5.82 Å². The average Bonchev–Trinajstić information content (AvgIpc) is 3.65. The van der Waals surface area contributed by atoms with Gasteiger partial charge in [-0.25, -0.2) is 9.97 Å². The Labute approximate surface area is 201 Å². The van der Waals surface area contributed by atoms with E-state index in [9.17, 15) is 0 Å². The number of fused-ring (bicyclic) bond motifs is 2. The highest BCUT2D eigenvalue weighted by molar-refractivity contribution is 7.18. The first-order chi connectivity index (χ1) is 16.7. The molecule has 0 N–H and O–H groups in total. The van der Waals surface area contributed by atoms with Crippen LogP contribution in [0.2, 0.25) is 0 Å². The summed E-state index contributed by atoms with van der Waals surface area (Å²) in [5, 5.41) is 6.59. The molecule has 4 heterocycles. The molecule has 0 saturated heterocycles. The molecule has 0 spiro atoms. The normalized spacial score (nSPS) is 11.4. The third kappa shape index (κ3) is 3.64. The maximum atomic E-state index is 6.13. The summed E-state index contributed by atoms with van der Waals surface area (Å²) in [7, 11) is 3.18. The van der Waals surface area contributed by atoms with Crippen LogP contribution in [0.4, 0.5) is 0 Å². The minimum absolute atomic E-state index is 0.215. The number of furan rings is 1. The Morgan fingerprint density at radius 3 is 2.76 bits per heavy atom. The number of rotatable bonds is 7. The minimum Gasteiger partial charge on any atom is -0.496 e. The second-order valence-corrected chi connectivity index (χ2v) is 8.90. The topological polar surface area (TPSA) is 96.8 Å². The largest absolute Gasteiger partial charge is 0.496 e. The van der Waals surface area contributed by atoms with Crippen molar-refractivity contribution in [2.45, 2.75) is 6.61 Å². The lowest BCUT2D eigenvalue weighted by atomic mass is 10.2. The molecule has 2 aromatic carbocycles. The van der Waals surface area contributed by atoms with E-state index in [-0.39, 0.29) is 6.61 Å². The molecular formula is C23H17N5O4S2. The molecule has 170 valence electrons. The highest BCUT2D eigenvalue weighted by Crippen LogP contribution is 2.38. The maximum Gasteiger partial charge on any atom is 0.294 e. The van der Waals surface area contributed by atoms with Crippen molar-refractivity contribution in [3.63, 3.8) is 0 Å². The summed E-state index contributed by atoms with van der Waals surface area (Å²) in [6.07, 6.45) is 1.72. The number of hydrogen-bond donors (Lipinski definition) is 0. The summed E-state index contributed by atoms with van der Waals surface area (Å²) in [6, 6.07) is 15.5. The van der Waals surface area contributed by atoms with Crippen LogP contribution in [0.25, 0.3) is 38.0 Å². The molecule has 0 aliphatic heterocycles. The summed E-state index contributed by atoms with van der Waals surface area (Å²) >= 11 is 2.70. The van der Waals surface area contributed by atoms with Gasteiger partial charge in [-0.05, 0) is 28.9 Å². The summed E-state index contributed by atoms with van der Waals surface area (Å²) in [4.78, 5) is 9.72. The molecule has 0 unspecified atom stereocenters. The van der Waals surface area contributed by atoms with E-state index in [1.54, 1.807) is 24.9 Å². The zero-order chi connectivity index (χ0) is 23.1. The predicted octanol–water partition coefficient (Wildman–Crippen LogP) is 5.32. The van der Waals surface area contributed by atoms with Crippen LogP contribution in [0, 0.1) is 0 Å². The van der Waals surface area contributed by atoms with Crippen LogP contribution in [0.5, 0.6) is 16.7 Å². The van der Waals surface area contributed by atoms with E-state index in [4.69, 9.17) is 18.6 Å². The Balaban J connectivity index is 1.33. The van der Waals surface area contributed by atoms with E-state index >= 15 is 0 Å². The van der Waals surface area contributed by atoms with Gasteiger partial charge in [-0.2, -0.15) is 8.89 Å². The van der Waals surface area contributed by atoms with Crippen molar-refractivity contribution in [2.24, 2.45) is 0 Å². The fraction of sp³-hybridized carbons (Fsp3) is 0.130. The summed E-state index contributed by atoms with van der Waals surface area (Å²) in [6.45, 7) is 0.215. The van der Waals surface area contributed by atoms with Gasteiger partial charge in [-0.15, -0.1) is 5.10 Å². The van der Waals surface area contributed by atoms with E-state index in [0.717, 1.165) is 16.0 Å². The van der Waals surface area contributed by atoms with Gasteiger partial charge in [-0.3, -0.25) is 0 Å². The molecule has 6 rings (SSSR count). The first kappa shape index (κ1) is 20.6. The first-order valence-electron chi connectivity index (χ1n) is 10.2. The molecule has 6 aromatic rings. The summed E-state index contributed by atoms with van der Waals surface area (Å²) in [5.41, 5.74) is 2.36. The average molecular weight is 492 g/mol. The van der Waals surface area contributed by atoms with E-state index in [0.29, 0.717) is 44.5 Å². The number of imidazole rings is 1. The molecule has 0 saturated carbocycles. The second-order valence-electron chi connectivity index (χ2n) is 7.23. The fourth-order valence-electron chi connectivity index (χ4n) is 3.52.